The standard InChI is InChI=1S/C17H9F3O8/c18-17(19,20)7-3-1-2-6(4-7)10-11(15(25)26)8(13(21)22)5-9(14(23)24)12(10)16(27)28/h1-5H,(H,21,22)(H,23,24)(H,25,26)(H,27,28). The van der Waals surface area contributed by atoms with Gasteiger partial charge in [0.1, 0.15) is 0 Å². The van der Waals surface area contributed by atoms with Crippen LogP contribution in [0.3, 0.4) is 0 Å². The first-order valence-electron chi connectivity index (χ1n) is 7.18. The summed E-state index contributed by atoms with van der Waals surface area (Å²) in [5.41, 5.74) is -7.29. The molecule has 11 heteroatoms. The maximum absolute atomic E-state index is 13.0. The summed E-state index contributed by atoms with van der Waals surface area (Å²) in [5.74, 6) is -7.70. The van der Waals surface area contributed by atoms with E-state index in [2.05, 4.69) is 0 Å². The van der Waals surface area contributed by atoms with Crippen LogP contribution in [0.5, 0.6) is 0 Å². The number of hydrogen-bond donors (Lipinski definition) is 4. The minimum Gasteiger partial charge on any atom is -0.478 e. The Morgan fingerprint density at radius 1 is 0.714 bits per heavy atom. The van der Waals surface area contributed by atoms with Crippen LogP contribution in [0.25, 0.3) is 11.1 Å². The third-order valence-electron chi connectivity index (χ3n) is 3.69. The lowest BCUT2D eigenvalue weighted by Gasteiger charge is -2.17. The van der Waals surface area contributed by atoms with Gasteiger partial charge in [0.2, 0.25) is 0 Å². The van der Waals surface area contributed by atoms with E-state index >= 15 is 0 Å². The molecule has 0 fully saturated rings. The molecule has 0 aliphatic heterocycles. The van der Waals surface area contributed by atoms with Crippen LogP contribution in [0.1, 0.15) is 47.0 Å². The van der Waals surface area contributed by atoms with Crippen LogP contribution in [0.2, 0.25) is 0 Å². The summed E-state index contributed by atoms with van der Waals surface area (Å²) >= 11 is 0. The molecule has 0 amide bonds. The van der Waals surface area contributed by atoms with Crippen molar-refractivity contribution >= 4 is 23.9 Å². The molecule has 4 N–H and O–H groups in total. The second-order valence-corrected chi connectivity index (χ2v) is 5.40. The summed E-state index contributed by atoms with van der Waals surface area (Å²) in [6.07, 6.45) is -4.87. The second kappa shape index (κ2) is 7.02. The van der Waals surface area contributed by atoms with Crippen molar-refractivity contribution in [3.05, 3.63) is 58.1 Å². The molecule has 28 heavy (non-hydrogen) atoms. The molecule has 0 aliphatic carbocycles. The van der Waals surface area contributed by atoms with Crippen molar-refractivity contribution in [2.24, 2.45) is 0 Å². The van der Waals surface area contributed by atoms with Gasteiger partial charge in [0.15, 0.2) is 0 Å². The molecular formula is C17H9F3O8. The molecule has 0 aliphatic rings. The van der Waals surface area contributed by atoms with Crippen molar-refractivity contribution in [1.82, 2.24) is 0 Å². The van der Waals surface area contributed by atoms with Gasteiger partial charge in [-0.3, -0.25) is 0 Å². The highest BCUT2D eigenvalue weighted by atomic mass is 19.4. The van der Waals surface area contributed by atoms with Crippen LogP contribution in [0, 0.1) is 0 Å². The number of rotatable bonds is 5. The first-order chi connectivity index (χ1) is 12.9. The van der Waals surface area contributed by atoms with Gasteiger partial charge >= 0.3 is 30.1 Å². The number of carboxylic acids is 4. The summed E-state index contributed by atoms with van der Waals surface area (Å²) in [6, 6.07) is 3.15. The van der Waals surface area contributed by atoms with Crippen LogP contribution in [0.4, 0.5) is 13.2 Å². The van der Waals surface area contributed by atoms with Crippen LogP contribution in [-0.2, 0) is 6.18 Å². The molecule has 0 atom stereocenters. The third kappa shape index (κ3) is 3.63. The minimum absolute atomic E-state index is 0.342. The van der Waals surface area contributed by atoms with Crippen LogP contribution in [-0.4, -0.2) is 44.3 Å². The number of aromatic carboxylic acids is 4. The zero-order valence-corrected chi connectivity index (χ0v) is 13.4. The predicted molar refractivity (Wildman–Crippen MR) is 84.7 cm³/mol. The lowest BCUT2D eigenvalue weighted by atomic mass is 9.86. The molecule has 0 aromatic heterocycles. The molecule has 0 heterocycles. The smallest absolute Gasteiger partial charge is 0.416 e. The summed E-state index contributed by atoms with van der Waals surface area (Å²) in [6.45, 7) is 0. The summed E-state index contributed by atoms with van der Waals surface area (Å²) in [4.78, 5) is 46.1. The largest absolute Gasteiger partial charge is 0.478 e. The molecule has 0 saturated carbocycles. The van der Waals surface area contributed by atoms with Gasteiger partial charge in [-0.1, -0.05) is 12.1 Å². The molecule has 0 saturated heterocycles. The molecule has 2 rings (SSSR count). The fourth-order valence-corrected chi connectivity index (χ4v) is 2.60. The molecule has 146 valence electrons. The first-order valence-corrected chi connectivity index (χ1v) is 7.18. The summed E-state index contributed by atoms with van der Waals surface area (Å²) < 4.78 is 39.0. The average molecular weight is 398 g/mol. The Hall–Kier alpha value is -3.89. The maximum Gasteiger partial charge on any atom is 0.416 e. The van der Waals surface area contributed by atoms with Crippen LogP contribution in [0.15, 0.2) is 30.3 Å². The van der Waals surface area contributed by atoms with Crippen LogP contribution < -0.4 is 0 Å². The van der Waals surface area contributed by atoms with E-state index in [0.29, 0.717) is 18.2 Å². The monoisotopic (exact) mass is 398 g/mol. The average Bonchev–Trinajstić information content (AvgIpc) is 2.58. The van der Waals surface area contributed by atoms with E-state index in [1.807, 2.05) is 0 Å². The maximum atomic E-state index is 13.0. The van der Waals surface area contributed by atoms with E-state index in [-0.39, 0.29) is 0 Å². The van der Waals surface area contributed by atoms with Gasteiger partial charge in [0.05, 0.1) is 27.8 Å². The van der Waals surface area contributed by atoms with Gasteiger partial charge in [0.25, 0.3) is 0 Å². The molecule has 0 radical (unpaired) electrons. The van der Waals surface area contributed by atoms with E-state index in [0.717, 1.165) is 12.1 Å². The van der Waals surface area contributed by atoms with Crippen molar-refractivity contribution in [2.45, 2.75) is 6.18 Å². The Balaban J connectivity index is 3.11. The van der Waals surface area contributed by atoms with Gasteiger partial charge in [-0.15, -0.1) is 0 Å². The summed E-state index contributed by atoms with van der Waals surface area (Å²) in [5, 5.41) is 37.2. The second-order valence-electron chi connectivity index (χ2n) is 5.40. The fraction of sp³-hybridized carbons (Fsp3) is 0.0588. The molecule has 8 nitrogen and oxygen atoms in total. The zero-order valence-electron chi connectivity index (χ0n) is 13.4. The minimum atomic E-state index is -4.87. The van der Waals surface area contributed by atoms with Crippen molar-refractivity contribution in [2.75, 3.05) is 0 Å². The fourth-order valence-electron chi connectivity index (χ4n) is 2.60. The number of carboxylic acid groups (broad SMARTS) is 4. The quantitative estimate of drug-likeness (QED) is 0.600. The molecule has 2 aromatic rings. The van der Waals surface area contributed by atoms with Gasteiger partial charge in [-0.2, -0.15) is 13.2 Å². The predicted octanol–water partition coefficient (Wildman–Crippen LogP) is 3.17. The van der Waals surface area contributed by atoms with E-state index in [9.17, 15) is 52.8 Å². The molecule has 0 bridgehead atoms. The summed E-state index contributed by atoms with van der Waals surface area (Å²) in [7, 11) is 0. The Kier molecular flexibility index (Phi) is 5.12. The Morgan fingerprint density at radius 2 is 1.18 bits per heavy atom. The number of carbonyl (C=O) groups is 4. The lowest BCUT2D eigenvalue weighted by Crippen LogP contribution is -2.18. The van der Waals surface area contributed by atoms with E-state index in [1.165, 1.54) is 0 Å². The Bertz CT molecular complexity index is 974. The topological polar surface area (TPSA) is 149 Å². The Labute approximate surface area is 153 Å². The van der Waals surface area contributed by atoms with Gasteiger partial charge in [0, 0.05) is 5.56 Å². The highest BCUT2D eigenvalue weighted by molar-refractivity contribution is 6.15. The molecule has 0 unspecified atom stereocenters. The molecular weight excluding hydrogens is 389 g/mol. The Morgan fingerprint density at radius 3 is 1.54 bits per heavy atom. The SMILES string of the molecule is O=C(O)c1cc(C(=O)O)c(C(=O)O)c(-c2cccc(C(F)(F)F)c2)c1C(=O)O. The van der Waals surface area contributed by atoms with E-state index in [4.69, 9.17) is 0 Å². The van der Waals surface area contributed by atoms with Gasteiger partial charge in [-0.25, -0.2) is 19.2 Å². The van der Waals surface area contributed by atoms with Crippen molar-refractivity contribution in [3.8, 4) is 11.1 Å². The van der Waals surface area contributed by atoms with Crippen LogP contribution >= 0.6 is 0 Å². The van der Waals surface area contributed by atoms with E-state index in [1.54, 1.807) is 0 Å². The highest BCUT2D eigenvalue weighted by Gasteiger charge is 2.34. The van der Waals surface area contributed by atoms with Gasteiger partial charge < -0.3 is 20.4 Å². The van der Waals surface area contributed by atoms with Crippen molar-refractivity contribution < 1.29 is 52.8 Å². The molecule has 2 aromatic carbocycles. The number of alkyl halides is 3. The highest BCUT2D eigenvalue weighted by Crippen LogP contribution is 2.37. The number of hydrogen-bond acceptors (Lipinski definition) is 4. The first kappa shape index (κ1) is 20.4. The van der Waals surface area contributed by atoms with Crippen molar-refractivity contribution in [3.63, 3.8) is 0 Å². The third-order valence-corrected chi connectivity index (χ3v) is 3.69. The number of benzene rings is 2. The van der Waals surface area contributed by atoms with E-state index < -0.39 is 69.0 Å². The normalized spacial score (nSPS) is 11.1. The van der Waals surface area contributed by atoms with Crippen molar-refractivity contribution in [1.29, 1.82) is 0 Å². The van der Waals surface area contributed by atoms with Gasteiger partial charge in [-0.05, 0) is 23.8 Å². The lowest BCUT2D eigenvalue weighted by molar-refractivity contribution is -0.137. The molecule has 0 spiro atoms. The zero-order chi connectivity index (χ0) is 21.4. The number of halogens is 3.